The third-order valence-corrected chi connectivity index (χ3v) is 4.53. The van der Waals surface area contributed by atoms with Gasteiger partial charge >= 0.3 is 0 Å². The molecule has 3 N–H and O–H groups in total. The lowest BCUT2D eigenvalue weighted by atomic mass is 9.89. The zero-order valence-corrected chi connectivity index (χ0v) is 12.1. The summed E-state index contributed by atoms with van der Waals surface area (Å²) in [6, 6.07) is 0.816. The third-order valence-electron chi connectivity index (χ3n) is 2.97. The van der Waals surface area contributed by atoms with Crippen LogP contribution in [0.2, 0.25) is 0 Å². The van der Waals surface area contributed by atoms with E-state index in [-0.39, 0.29) is 5.41 Å². The molecule has 0 aliphatic heterocycles. The third kappa shape index (κ3) is 3.63. The van der Waals surface area contributed by atoms with Crippen molar-refractivity contribution in [3.8, 4) is 0 Å². The van der Waals surface area contributed by atoms with E-state index in [4.69, 9.17) is 5.73 Å². The second-order valence-electron chi connectivity index (χ2n) is 5.51. The highest BCUT2D eigenvalue weighted by atomic mass is 32.2. The van der Waals surface area contributed by atoms with E-state index in [1.165, 1.54) is 0 Å². The molecule has 0 saturated carbocycles. The van der Waals surface area contributed by atoms with Gasteiger partial charge in [-0.05, 0) is 18.4 Å². The summed E-state index contributed by atoms with van der Waals surface area (Å²) in [7, 11) is -4.08. The van der Waals surface area contributed by atoms with Gasteiger partial charge in [-0.2, -0.15) is 0 Å². The first-order valence-corrected chi connectivity index (χ1v) is 7.20. The zero-order chi connectivity index (χ0) is 15.0. The van der Waals surface area contributed by atoms with Crippen LogP contribution in [0.25, 0.3) is 0 Å². The highest BCUT2D eigenvalue weighted by Gasteiger charge is 2.28. The number of rotatable bonds is 3. The first-order chi connectivity index (χ1) is 8.45. The van der Waals surface area contributed by atoms with E-state index in [0.29, 0.717) is 6.07 Å². The number of halogens is 2. The summed E-state index contributed by atoms with van der Waals surface area (Å²) < 4.78 is 53.0. The van der Waals surface area contributed by atoms with Crippen LogP contribution in [0.1, 0.15) is 27.7 Å². The smallest absolute Gasteiger partial charge is 0.243 e. The molecule has 0 aromatic heterocycles. The van der Waals surface area contributed by atoms with Crippen LogP contribution in [0, 0.1) is 17.0 Å². The second kappa shape index (κ2) is 5.05. The fourth-order valence-corrected chi connectivity index (χ4v) is 2.77. The first kappa shape index (κ1) is 15.8. The van der Waals surface area contributed by atoms with Crippen molar-refractivity contribution < 1.29 is 17.2 Å². The zero-order valence-electron chi connectivity index (χ0n) is 11.3. The lowest BCUT2D eigenvalue weighted by Crippen LogP contribution is -2.41. The Morgan fingerprint density at radius 2 is 1.74 bits per heavy atom. The topological polar surface area (TPSA) is 72.2 Å². The number of hydrogen-bond donors (Lipinski definition) is 2. The maximum atomic E-state index is 13.6. The van der Waals surface area contributed by atoms with Crippen molar-refractivity contribution in [1.29, 1.82) is 0 Å². The number of sulfonamides is 1. The van der Waals surface area contributed by atoms with Gasteiger partial charge < -0.3 is 5.73 Å². The SMILES string of the molecule is CC(NS(=O)(=O)c1cc(N)c(F)cc1F)C(C)(C)C. The second-order valence-corrected chi connectivity index (χ2v) is 7.20. The molecule has 0 bridgehead atoms. The summed E-state index contributed by atoms with van der Waals surface area (Å²) in [5, 5.41) is 0. The molecule has 108 valence electrons. The van der Waals surface area contributed by atoms with Crippen LogP contribution in [0.3, 0.4) is 0 Å². The van der Waals surface area contributed by atoms with Crippen LogP contribution < -0.4 is 10.5 Å². The molecule has 0 spiro atoms. The van der Waals surface area contributed by atoms with Crippen LogP contribution in [0.5, 0.6) is 0 Å². The minimum Gasteiger partial charge on any atom is -0.396 e. The molecular weight excluding hydrogens is 274 g/mol. The molecule has 1 atom stereocenters. The Morgan fingerprint density at radius 3 is 2.21 bits per heavy atom. The van der Waals surface area contributed by atoms with Crippen molar-refractivity contribution in [1.82, 2.24) is 4.72 Å². The van der Waals surface area contributed by atoms with Crippen LogP contribution in [0.4, 0.5) is 14.5 Å². The van der Waals surface area contributed by atoms with Gasteiger partial charge in [-0.15, -0.1) is 0 Å². The number of benzene rings is 1. The fraction of sp³-hybridized carbons (Fsp3) is 0.500. The quantitative estimate of drug-likeness (QED) is 0.839. The largest absolute Gasteiger partial charge is 0.396 e. The Labute approximate surface area is 112 Å². The van der Waals surface area contributed by atoms with Crippen LogP contribution in [-0.4, -0.2) is 14.5 Å². The normalized spacial score (nSPS) is 14.4. The molecule has 19 heavy (non-hydrogen) atoms. The Morgan fingerprint density at radius 1 is 1.21 bits per heavy atom. The van der Waals surface area contributed by atoms with Crippen molar-refractivity contribution in [3.05, 3.63) is 23.8 Å². The van der Waals surface area contributed by atoms with Gasteiger partial charge in [0.25, 0.3) is 0 Å². The predicted molar refractivity (Wildman–Crippen MR) is 70.0 cm³/mol. The number of hydrogen-bond acceptors (Lipinski definition) is 3. The maximum absolute atomic E-state index is 13.6. The van der Waals surface area contributed by atoms with E-state index in [2.05, 4.69) is 4.72 Å². The Bertz CT molecular complexity index is 580. The summed E-state index contributed by atoms with van der Waals surface area (Å²) in [4.78, 5) is -0.650. The van der Waals surface area contributed by atoms with E-state index in [1.807, 2.05) is 20.8 Å². The summed E-state index contributed by atoms with van der Waals surface area (Å²) in [5.74, 6) is -2.15. The van der Waals surface area contributed by atoms with E-state index in [1.54, 1.807) is 6.92 Å². The first-order valence-electron chi connectivity index (χ1n) is 5.72. The van der Waals surface area contributed by atoms with E-state index in [0.717, 1.165) is 6.07 Å². The summed E-state index contributed by atoms with van der Waals surface area (Å²) in [6.45, 7) is 7.20. The molecule has 4 nitrogen and oxygen atoms in total. The van der Waals surface area contributed by atoms with Crippen molar-refractivity contribution in [3.63, 3.8) is 0 Å². The Balaban J connectivity index is 3.19. The molecule has 0 amide bonds. The Kier molecular flexibility index (Phi) is 4.21. The average Bonchev–Trinajstić information content (AvgIpc) is 2.21. The van der Waals surface area contributed by atoms with Crippen LogP contribution >= 0.6 is 0 Å². The molecule has 0 fully saturated rings. The Hall–Kier alpha value is -1.21. The number of nitrogen functional groups attached to an aromatic ring is 1. The molecule has 1 aromatic carbocycles. The van der Waals surface area contributed by atoms with E-state index < -0.39 is 38.3 Å². The van der Waals surface area contributed by atoms with E-state index >= 15 is 0 Å². The highest BCUT2D eigenvalue weighted by molar-refractivity contribution is 7.89. The van der Waals surface area contributed by atoms with Gasteiger partial charge in [0.1, 0.15) is 16.5 Å². The summed E-state index contributed by atoms with van der Waals surface area (Å²) in [5.41, 5.74) is 4.52. The van der Waals surface area contributed by atoms with Crippen molar-refractivity contribution in [2.75, 3.05) is 5.73 Å². The van der Waals surface area contributed by atoms with Gasteiger partial charge in [0.15, 0.2) is 0 Å². The van der Waals surface area contributed by atoms with Crippen molar-refractivity contribution in [2.45, 2.75) is 38.6 Å². The van der Waals surface area contributed by atoms with Gasteiger partial charge in [0, 0.05) is 12.1 Å². The molecule has 0 aliphatic carbocycles. The van der Waals surface area contributed by atoms with Gasteiger partial charge in [0.2, 0.25) is 10.0 Å². The average molecular weight is 292 g/mol. The van der Waals surface area contributed by atoms with Crippen molar-refractivity contribution >= 4 is 15.7 Å². The molecule has 0 saturated heterocycles. The minimum absolute atomic E-state index is 0.338. The van der Waals surface area contributed by atoms with Gasteiger partial charge in [-0.3, -0.25) is 0 Å². The highest BCUT2D eigenvalue weighted by Crippen LogP contribution is 2.24. The molecule has 1 aromatic rings. The number of nitrogens with one attached hydrogen (secondary N) is 1. The molecule has 1 rings (SSSR count). The standard InChI is InChI=1S/C12H18F2N2O2S/c1-7(12(2,3)4)16-19(17,18)11-6-10(15)8(13)5-9(11)14/h5-7,16H,15H2,1-4H3. The number of nitrogens with two attached hydrogens (primary N) is 1. The van der Waals surface area contributed by atoms with Crippen molar-refractivity contribution in [2.24, 2.45) is 5.41 Å². The lowest BCUT2D eigenvalue weighted by Gasteiger charge is -2.27. The summed E-state index contributed by atoms with van der Waals surface area (Å²) >= 11 is 0. The van der Waals surface area contributed by atoms with Gasteiger partial charge in [0.05, 0.1) is 5.69 Å². The molecule has 0 heterocycles. The van der Waals surface area contributed by atoms with Crippen LogP contribution in [0.15, 0.2) is 17.0 Å². The summed E-state index contributed by atoms with van der Waals surface area (Å²) in [6.07, 6.45) is 0. The molecule has 7 heteroatoms. The molecular formula is C12H18F2N2O2S. The maximum Gasteiger partial charge on any atom is 0.243 e. The molecule has 0 radical (unpaired) electrons. The van der Waals surface area contributed by atoms with E-state index in [9.17, 15) is 17.2 Å². The fourth-order valence-electron chi connectivity index (χ4n) is 1.22. The molecule has 0 aliphatic rings. The number of anilines is 1. The molecule has 1 unspecified atom stereocenters. The monoisotopic (exact) mass is 292 g/mol. The minimum atomic E-state index is -4.08. The lowest BCUT2D eigenvalue weighted by molar-refractivity contribution is 0.317. The predicted octanol–water partition coefficient (Wildman–Crippen LogP) is 2.26. The van der Waals surface area contributed by atoms with Gasteiger partial charge in [-0.25, -0.2) is 21.9 Å². The van der Waals surface area contributed by atoms with Crippen LogP contribution in [-0.2, 0) is 10.0 Å². The van der Waals surface area contributed by atoms with Gasteiger partial charge in [-0.1, -0.05) is 20.8 Å².